The molecule has 33 nitrogen and oxygen atoms in total. The summed E-state index contributed by atoms with van der Waals surface area (Å²) in [5.41, 5.74) is -2.43. The Hall–Kier alpha value is -5.54. The Bertz CT molecular complexity index is 2330. The quantitative estimate of drug-likeness (QED) is 0.0215. The molecule has 4 heterocycles. The molecular formula is C59H95F6N9O24. The predicted octanol–water partition coefficient (Wildman–Crippen LogP) is -1.14. The molecular weight excluding hydrogens is 1330 g/mol. The third-order valence-electron chi connectivity index (χ3n) is 13.6. The molecule has 0 spiro atoms. The SMILES string of the molecule is CCCCOC(=O)COCCOCCOCC(=O)NC(COCCC(=O)NCCOCCOCCOCCOC[C@H]1OC[C@H](Nc2cncc(C(F)(F)F)n2)[C@@H](O)[C@H]1O)COCCC(=O)NCCOCCOCCOCCOC[C@H]1OC[C@H](Nc2cncc(C(F)(F)F)n2)[C@@H](O)[C@H]1O. The Morgan fingerprint density at radius 2 is 0.857 bits per heavy atom. The van der Waals surface area contributed by atoms with Crippen molar-refractivity contribution in [3.63, 3.8) is 0 Å². The number of rotatable bonds is 56. The van der Waals surface area contributed by atoms with Gasteiger partial charge in [0, 0.05) is 25.9 Å². The fourth-order valence-electron chi connectivity index (χ4n) is 8.47. The monoisotopic (exact) mass is 1430 g/mol. The second-order valence-corrected chi connectivity index (χ2v) is 21.5. The molecule has 0 bridgehead atoms. The summed E-state index contributed by atoms with van der Waals surface area (Å²) in [5, 5.41) is 55.5. The van der Waals surface area contributed by atoms with Crippen LogP contribution in [-0.4, -0.2) is 323 Å². The number of aliphatic hydroxyl groups excluding tert-OH is 4. The molecule has 2 aromatic heterocycles. The molecule has 98 heavy (non-hydrogen) atoms. The second kappa shape index (κ2) is 50.7. The van der Waals surface area contributed by atoms with Crippen LogP contribution in [0.4, 0.5) is 38.0 Å². The predicted molar refractivity (Wildman–Crippen MR) is 326 cm³/mol. The van der Waals surface area contributed by atoms with Crippen molar-refractivity contribution >= 4 is 35.3 Å². The van der Waals surface area contributed by atoms with Crippen molar-refractivity contribution in [2.75, 3.05) is 215 Å². The van der Waals surface area contributed by atoms with E-state index in [1.807, 2.05) is 6.92 Å². The number of ether oxygens (including phenoxy) is 16. The highest BCUT2D eigenvalue weighted by atomic mass is 19.4. The van der Waals surface area contributed by atoms with E-state index in [4.69, 9.17) is 75.8 Å². The number of carbonyl (C=O) groups is 4. The van der Waals surface area contributed by atoms with Gasteiger partial charge in [0.15, 0.2) is 11.4 Å². The molecule has 3 amide bonds. The zero-order chi connectivity index (χ0) is 71.1. The molecule has 2 aliphatic heterocycles. The lowest BCUT2D eigenvalue weighted by molar-refractivity contribution is -0.161. The van der Waals surface area contributed by atoms with Gasteiger partial charge in [-0.2, -0.15) is 26.3 Å². The molecule has 2 fully saturated rings. The summed E-state index contributed by atoms with van der Waals surface area (Å²) < 4.78 is 165. The average Bonchev–Trinajstić information content (AvgIpc) is 0.840. The summed E-state index contributed by atoms with van der Waals surface area (Å²) in [6.07, 6.45) is -11.9. The van der Waals surface area contributed by atoms with E-state index in [0.29, 0.717) is 19.0 Å². The highest BCUT2D eigenvalue weighted by molar-refractivity contribution is 5.77. The number of hydrogen-bond donors (Lipinski definition) is 9. The van der Waals surface area contributed by atoms with Crippen molar-refractivity contribution in [2.45, 2.75) is 99.7 Å². The Labute approximate surface area is 562 Å². The van der Waals surface area contributed by atoms with Crippen LogP contribution in [0.1, 0.15) is 44.0 Å². The third kappa shape index (κ3) is 38.3. The van der Waals surface area contributed by atoms with Crippen molar-refractivity contribution in [3.8, 4) is 0 Å². The summed E-state index contributed by atoms with van der Waals surface area (Å²) in [5.74, 6) is -2.02. The van der Waals surface area contributed by atoms with Crippen LogP contribution in [0.25, 0.3) is 0 Å². The number of aliphatic hydroxyl groups is 4. The van der Waals surface area contributed by atoms with E-state index in [1.165, 1.54) is 0 Å². The first-order valence-electron chi connectivity index (χ1n) is 32.0. The highest BCUT2D eigenvalue weighted by Crippen LogP contribution is 2.29. The van der Waals surface area contributed by atoms with Crippen LogP contribution >= 0.6 is 0 Å². The van der Waals surface area contributed by atoms with E-state index in [1.54, 1.807) is 0 Å². The standard InChI is InChI=1S/C59H95F6N9O24/c1-2-3-8-96-53(78)40-95-28-24-89-23-27-94-39-52(77)70-41(33-90-9-4-50(75)68-6-11-83-13-15-85-17-19-87-21-25-92-37-44-56(81)54(79)42(35-97-44)71-48-31-66-29-46(73-48)58(60,61)62)34-91-10-5-51(76)69-7-12-84-14-16-86-18-20-88-22-26-93-38-45-57(82)55(80)43(36-98-45)72-49-32-67-30-47(74-49)59(63,64)65/h29-32,41-45,54-57,79-82H,2-28,33-40H2,1H3,(H,68,75)(H,69,76)(H,70,77)(H,71,73)(H,72,74)/t42-,43-,44+,45+,54+,55+,56-,57-/m0/s1. The van der Waals surface area contributed by atoms with E-state index in [9.17, 15) is 65.9 Å². The molecule has 39 heteroatoms. The van der Waals surface area contributed by atoms with Gasteiger partial charge in [-0.3, -0.25) is 24.4 Å². The largest absolute Gasteiger partial charge is 0.464 e. The molecule has 0 radical (unpaired) electrons. The van der Waals surface area contributed by atoms with Crippen LogP contribution in [0, 0.1) is 0 Å². The number of aromatic nitrogens is 4. The molecule has 8 atom stereocenters. The van der Waals surface area contributed by atoms with E-state index in [0.717, 1.165) is 25.2 Å². The molecule has 2 aliphatic rings. The zero-order valence-electron chi connectivity index (χ0n) is 54.8. The van der Waals surface area contributed by atoms with Gasteiger partial charge < -0.3 is 123 Å². The van der Waals surface area contributed by atoms with Crippen LogP contribution in [-0.2, 0) is 107 Å². The maximum absolute atomic E-state index is 13.0. The summed E-state index contributed by atoms with van der Waals surface area (Å²) >= 11 is 0. The van der Waals surface area contributed by atoms with Gasteiger partial charge >= 0.3 is 18.3 Å². The number of hydrogen-bond acceptors (Lipinski definition) is 30. The summed E-state index contributed by atoms with van der Waals surface area (Å²) in [6.45, 7) is 5.45. The number of halogens is 6. The molecule has 0 aromatic carbocycles. The minimum absolute atomic E-state index is 0.00353. The molecule has 0 saturated carbocycles. The van der Waals surface area contributed by atoms with Crippen molar-refractivity contribution < 1.29 is 142 Å². The maximum atomic E-state index is 13.0. The van der Waals surface area contributed by atoms with Crippen LogP contribution in [0.3, 0.4) is 0 Å². The molecule has 2 saturated heterocycles. The average molecular weight is 1430 g/mol. The van der Waals surface area contributed by atoms with Crippen molar-refractivity contribution in [1.29, 1.82) is 0 Å². The fraction of sp³-hybridized carbons (Fsp3) is 0.797. The van der Waals surface area contributed by atoms with Crippen LogP contribution in [0.5, 0.6) is 0 Å². The number of esters is 1. The van der Waals surface area contributed by atoms with Crippen molar-refractivity contribution in [2.24, 2.45) is 0 Å². The van der Waals surface area contributed by atoms with Gasteiger partial charge in [0.1, 0.15) is 61.5 Å². The number of carbonyl (C=O) groups excluding carboxylic acids is 4. The van der Waals surface area contributed by atoms with Crippen LogP contribution in [0.15, 0.2) is 24.8 Å². The number of nitrogens with one attached hydrogen (secondary N) is 5. The minimum atomic E-state index is -4.71. The van der Waals surface area contributed by atoms with Gasteiger partial charge in [-0.15, -0.1) is 0 Å². The third-order valence-corrected chi connectivity index (χ3v) is 13.6. The molecule has 4 rings (SSSR count). The van der Waals surface area contributed by atoms with E-state index < -0.39 is 90.4 Å². The lowest BCUT2D eigenvalue weighted by Crippen LogP contribution is -2.57. The summed E-state index contributed by atoms with van der Waals surface area (Å²) in [6, 6.07) is -2.58. The van der Waals surface area contributed by atoms with Gasteiger partial charge in [0.2, 0.25) is 17.7 Å². The van der Waals surface area contributed by atoms with Crippen molar-refractivity contribution in [1.82, 2.24) is 35.9 Å². The number of unbranched alkanes of at least 4 members (excludes halogenated alkanes) is 1. The van der Waals surface area contributed by atoms with Crippen LogP contribution in [0.2, 0.25) is 0 Å². The molecule has 2 aromatic rings. The topological polar surface area (TPSA) is 409 Å². The Balaban J connectivity index is 0.974. The molecule has 9 N–H and O–H groups in total. The first-order valence-corrected chi connectivity index (χ1v) is 32.0. The van der Waals surface area contributed by atoms with Gasteiger partial charge in [0.25, 0.3) is 0 Å². The number of anilines is 2. The van der Waals surface area contributed by atoms with E-state index >= 15 is 0 Å². The Kier molecular flexibility index (Phi) is 43.9. The lowest BCUT2D eigenvalue weighted by Gasteiger charge is -2.38. The Morgan fingerprint density at radius 3 is 1.26 bits per heavy atom. The molecule has 0 aliphatic carbocycles. The smallest absolute Gasteiger partial charge is 0.434 e. The first kappa shape index (κ1) is 84.9. The molecule has 0 unspecified atom stereocenters. The van der Waals surface area contributed by atoms with Crippen molar-refractivity contribution in [3.05, 3.63) is 36.2 Å². The number of amides is 3. The van der Waals surface area contributed by atoms with Gasteiger partial charge in [-0.25, -0.2) is 14.8 Å². The zero-order valence-corrected chi connectivity index (χ0v) is 54.8. The fourth-order valence-corrected chi connectivity index (χ4v) is 8.47. The summed E-state index contributed by atoms with van der Waals surface area (Å²) in [7, 11) is 0. The molecule has 562 valence electrons. The van der Waals surface area contributed by atoms with E-state index in [-0.39, 0.29) is 234 Å². The number of alkyl halides is 6. The van der Waals surface area contributed by atoms with Gasteiger partial charge in [0.05, 0.1) is 221 Å². The second-order valence-electron chi connectivity index (χ2n) is 21.5. The van der Waals surface area contributed by atoms with Crippen LogP contribution < -0.4 is 26.6 Å². The Morgan fingerprint density at radius 1 is 0.480 bits per heavy atom. The first-order chi connectivity index (χ1) is 47.2. The van der Waals surface area contributed by atoms with E-state index in [2.05, 4.69) is 46.5 Å². The minimum Gasteiger partial charge on any atom is -0.464 e. The summed E-state index contributed by atoms with van der Waals surface area (Å²) in [4.78, 5) is 63.3. The maximum Gasteiger partial charge on any atom is 0.434 e. The lowest BCUT2D eigenvalue weighted by atomic mass is 9.98. The number of nitrogens with zero attached hydrogens (tertiary/aromatic N) is 4. The normalized spacial score (nSPS) is 19.7. The van der Waals surface area contributed by atoms with Gasteiger partial charge in [-0.1, -0.05) is 13.3 Å². The van der Waals surface area contributed by atoms with Gasteiger partial charge in [-0.05, 0) is 6.42 Å². The highest BCUT2D eigenvalue weighted by Gasteiger charge is 2.41.